The van der Waals surface area contributed by atoms with E-state index >= 15 is 0 Å². The highest BCUT2D eigenvalue weighted by Gasteiger charge is 2.08. The average Bonchev–Trinajstić information content (AvgIpc) is 2.48. The first kappa shape index (κ1) is 15.7. The van der Waals surface area contributed by atoms with Crippen LogP contribution in [0.15, 0.2) is 34.8 Å². The predicted molar refractivity (Wildman–Crippen MR) is 90.5 cm³/mol. The first-order valence-corrected chi connectivity index (χ1v) is 7.56. The maximum atomic E-state index is 5.46. The molecule has 0 heterocycles. The standard InChI is InChI=1S/C17H20BrNO2/c1-11-5-8-16(12(2)17(11)21-4)19-10-13-9-14(20-3)6-7-15(13)18/h5-9,19H,10H2,1-4H3. The Morgan fingerprint density at radius 2 is 1.81 bits per heavy atom. The number of hydrogen-bond acceptors (Lipinski definition) is 3. The van der Waals surface area contributed by atoms with E-state index in [9.17, 15) is 0 Å². The van der Waals surface area contributed by atoms with Crippen LogP contribution in [0.3, 0.4) is 0 Å². The lowest BCUT2D eigenvalue weighted by molar-refractivity contribution is 0.409. The molecule has 0 bridgehead atoms. The van der Waals surface area contributed by atoms with Gasteiger partial charge in [0.1, 0.15) is 11.5 Å². The number of nitrogens with one attached hydrogen (secondary N) is 1. The van der Waals surface area contributed by atoms with Crippen LogP contribution in [0.25, 0.3) is 0 Å². The van der Waals surface area contributed by atoms with Crippen LogP contribution in [-0.2, 0) is 6.54 Å². The summed E-state index contributed by atoms with van der Waals surface area (Å²) >= 11 is 3.57. The van der Waals surface area contributed by atoms with Crippen LogP contribution in [0.1, 0.15) is 16.7 Å². The van der Waals surface area contributed by atoms with E-state index in [1.165, 1.54) is 0 Å². The molecule has 0 aliphatic carbocycles. The maximum absolute atomic E-state index is 5.46. The van der Waals surface area contributed by atoms with Crippen molar-refractivity contribution in [3.63, 3.8) is 0 Å². The fourth-order valence-corrected chi connectivity index (χ4v) is 2.72. The van der Waals surface area contributed by atoms with Crippen molar-refractivity contribution >= 4 is 21.6 Å². The second-order valence-electron chi connectivity index (χ2n) is 4.90. The highest BCUT2D eigenvalue weighted by Crippen LogP contribution is 2.30. The number of halogens is 1. The van der Waals surface area contributed by atoms with Gasteiger partial charge in [-0.25, -0.2) is 0 Å². The van der Waals surface area contributed by atoms with Crippen molar-refractivity contribution in [1.29, 1.82) is 0 Å². The zero-order chi connectivity index (χ0) is 15.4. The molecule has 1 N–H and O–H groups in total. The fourth-order valence-electron chi connectivity index (χ4n) is 2.34. The van der Waals surface area contributed by atoms with Crippen LogP contribution >= 0.6 is 15.9 Å². The molecule has 21 heavy (non-hydrogen) atoms. The van der Waals surface area contributed by atoms with Gasteiger partial charge in [0.25, 0.3) is 0 Å². The van der Waals surface area contributed by atoms with Gasteiger partial charge >= 0.3 is 0 Å². The minimum atomic E-state index is 0.713. The number of anilines is 1. The van der Waals surface area contributed by atoms with Gasteiger partial charge in [0.15, 0.2) is 0 Å². The molecule has 2 aromatic rings. The predicted octanol–water partition coefficient (Wildman–Crippen LogP) is 4.70. The minimum absolute atomic E-state index is 0.713. The van der Waals surface area contributed by atoms with Gasteiger partial charge in [0, 0.05) is 22.3 Å². The molecule has 0 spiro atoms. The summed E-state index contributed by atoms with van der Waals surface area (Å²) in [6, 6.07) is 10.1. The van der Waals surface area contributed by atoms with Crippen molar-refractivity contribution in [2.24, 2.45) is 0 Å². The molecule has 4 heteroatoms. The summed E-state index contributed by atoms with van der Waals surface area (Å²) in [5, 5.41) is 3.46. The lowest BCUT2D eigenvalue weighted by Crippen LogP contribution is -2.03. The molecule has 0 fully saturated rings. The van der Waals surface area contributed by atoms with Crippen molar-refractivity contribution in [2.45, 2.75) is 20.4 Å². The third-order valence-electron chi connectivity index (χ3n) is 3.53. The third-order valence-corrected chi connectivity index (χ3v) is 4.30. The topological polar surface area (TPSA) is 30.5 Å². The van der Waals surface area contributed by atoms with Gasteiger partial charge in [-0.05, 0) is 49.2 Å². The van der Waals surface area contributed by atoms with E-state index in [2.05, 4.69) is 40.3 Å². The lowest BCUT2D eigenvalue weighted by Gasteiger charge is -2.15. The molecule has 112 valence electrons. The molecule has 2 rings (SSSR count). The van der Waals surface area contributed by atoms with Gasteiger partial charge in [0.05, 0.1) is 14.2 Å². The Hall–Kier alpha value is -1.68. The van der Waals surface area contributed by atoms with Crippen molar-refractivity contribution in [1.82, 2.24) is 0 Å². The Morgan fingerprint density at radius 3 is 2.48 bits per heavy atom. The quantitative estimate of drug-likeness (QED) is 0.848. The van der Waals surface area contributed by atoms with E-state index < -0.39 is 0 Å². The Kier molecular flexibility index (Phi) is 5.12. The molecule has 0 saturated carbocycles. The zero-order valence-corrected chi connectivity index (χ0v) is 14.4. The highest BCUT2D eigenvalue weighted by atomic mass is 79.9. The van der Waals surface area contributed by atoms with Crippen LogP contribution in [0.5, 0.6) is 11.5 Å². The molecule has 0 aromatic heterocycles. The number of benzene rings is 2. The Bertz CT molecular complexity index is 641. The van der Waals surface area contributed by atoms with Crippen LogP contribution in [0.2, 0.25) is 0 Å². The number of aryl methyl sites for hydroxylation is 1. The van der Waals surface area contributed by atoms with Crippen LogP contribution < -0.4 is 14.8 Å². The van der Waals surface area contributed by atoms with Gasteiger partial charge in [-0.1, -0.05) is 22.0 Å². The smallest absolute Gasteiger partial charge is 0.126 e. The van der Waals surface area contributed by atoms with E-state index in [0.717, 1.165) is 38.3 Å². The van der Waals surface area contributed by atoms with Gasteiger partial charge in [0.2, 0.25) is 0 Å². The fraction of sp³-hybridized carbons (Fsp3) is 0.294. The number of rotatable bonds is 5. The SMILES string of the molecule is COc1ccc(Br)c(CNc2ccc(C)c(OC)c2C)c1. The summed E-state index contributed by atoms with van der Waals surface area (Å²) in [7, 11) is 3.38. The molecule has 0 radical (unpaired) electrons. The summed E-state index contributed by atoms with van der Waals surface area (Å²) in [5.41, 5.74) is 4.49. The molecule has 2 aromatic carbocycles. The monoisotopic (exact) mass is 349 g/mol. The Balaban J connectivity index is 2.21. The lowest BCUT2D eigenvalue weighted by atomic mass is 10.1. The van der Waals surface area contributed by atoms with Crippen LogP contribution in [0.4, 0.5) is 5.69 Å². The molecule has 0 aliphatic rings. The van der Waals surface area contributed by atoms with Gasteiger partial charge < -0.3 is 14.8 Å². The van der Waals surface area contributed by atoms with Gasteiger partial charge in [-0.3, -0.25) is 0 Å². The van der Waals surface area contributed by atoms with Crippen LogP contribution in [-0.4, -0.2) is 14.2 Å². The summed E-state index contributed by atoms with van der Waals surface area (Å²) in [5.74, 6) is 1.79. The normalized spacial score (nSPS) is 10.3. The first-order chi connectivity index (χ1) is 10.1. The number of ether oxygens (including phenoxy) is 2. The minimum Gasteiger partial charge on any atom is -0.497 e. The molecule has 3 nitrogen and oxygen atoms in total. The third kappa shape index (κ3) is 3.50. The highest BCUT2D eigenvalue weighted by molar-refractivity contribution is 9.10. The molecular formula is C17H20BrNO2. The summed E-state index contributed by atoms with van der Waals surface area (Å²) in [6.45, 7) is 4.83. The molecule has 0 atom stereocenters. The summed E-state index contributed by atoms with van der Waals surface area (Å²) in [4.78, 5) is 0. The van der Waals surface area contributed by atoms with Crippen molar-refractivity contribution in [3.05, 3.63) is 51.5 Å². The van der Waals surface area contributed by atoms with Crippen molar-refractivity contribution < 1.29 is 9.47 Å². The molecule has 0 amide bonds. The van der Waals surface area contributed by atoms with Crippen molar-refractivity contribution in [3.8, 4) is 11.5 Å². The Labute approximate surface area is 134 Å². The van der Waals surface area contributed by atoms with Gasteiger partial charge in [-0.2, -0.15) is 0 Å². The average molecular weight is 350 g/mol. The molecule has 0 saturated heterocycles. The van der Waals surface area contributed by atoms with Crippen LogP contribution in [0, 0.1) is 13.8 Å². The van der Waals surface area contributed by atoms with E-state index in [4.69, 9.17) is 9.47 Å². The largest absolute Gasteiger partial charge is 0.497 e. The molecule has 0 aliphatic heterocycles. The second-order valence-corrected chi connectivity index (χ2v) is 5.75. The van der Waals surface area contributed by atoms with E-state index in [1.807, 2.05) is 25.1 Å². The Morgan fingerprint density at radius 1 is 1.05 bits per heavy atom. The molecular weight excluding hydrogens is 330 g/mol. The van der Waals surface area contributed by atoms with E-state index in [0.29, 0.717) is 6.54 Å². The maximum Gasteiger partial charge on any atom is 0.126 e. The molecule has 0 unspecified atom stereocenters. The number of hydrogen-bond donors (Lipinski definition) is 1. The first-order valence-electron chi connectivity index (χ1n) is 6.77. The van der Waals surface area contributed by atoms with E-state index in [-0.39, 0.29) is 0 Å². The van der Waals surface area contributed by atoms with Gasteiger partial charge in [-0.15, -0.1) is 0 Å². The van der Waals surface area contributed by atoms with Crippen molar-refractivity contribution in [2.75, 3.05) is 19.5 Å². The van der Waals surface area contributed by atoms with E-state index in [1.54, 1.807) is 14.2 Å². The summed E-state index contributed by atoms with van der Waals surface area (Å²) < 4.78 is 11.8. The summed E-state index contributed by atoms with van der Waals surface area (Å²) in [6.07, 6.45) is 0. The number of methoxy groups -OCH3 is 2. The second kappa shape index (κ2) is 6.85. The zero-order valence-electron chi connectivity index (χ0n) is 12.8.